The second kappa shape index (κ2) is 10.4. The molecule has 8 aromatic rings. The van der Waals surface area contributed by atoms with Crippen molar-refractivity contribution < 1.29 is 0 Å². The number of aryl methyl sites for hydroxylation is 2. The normalized spacial score (nSPS) is 12.5. The minimum Gasteiger partial charge on any atom is -0.374 e. The fourth-order valence-corrected chi connectivity index (χ4v) is 7.81. The van der Waals surface area contributed by atoms with Crippen LogP contribution in [0.1, 0.15) is 11.1 Å². The van der Waals surface area contributed by atoms with Gasteiger partial charge in [-0.3, -0.25) is 0 Å². The van der Waals surface area contributed by atoms with E-state index in [-0.39, 0.29) is 6.85 Å². The summed E-state index contributed by atoms with van der Waals surface area (Å²) < 4.78 is 5.01. The number of hydrogen-bond donors (Lipinski definition) is 0. The molecule has 1 aliphatic heterocycles. The van der Waals surface area contributed by atoms with Crippen molar-refractivity contribution in [2.24, 2.45) is 0 Å². The van der Waals surface area contributed by atoms with Gasteiger partial charge in [0.15, 0.2) is 0 Å². The second-order valence-electron chi connectivity index (χ2n) is 12.2. The second-order valence-corrected chi connectivity index (χ2v) is 12.2. The Balaban J connectivity index is 1.56. The summed E-state index contributed by atoms with van der Waals surface area (Å²) in [5.74, 6) is 0. The van der Waals surface area contributed by atoms with Crippen LogP contribution in [0.25, 0.3) is 44.4 Å². The summed E-state index contributed by atoms with van der Waals surface area (Å²) in [6.45, 7) is 4.45. The van der Waals surface area contributed by atoms with Crippen molar-refractivity contribution >= 4 is 51.1 Å². The quantitative estimate of drug-likeness (QED) is 0.187. The van der Waals surface area contributed by atoms with Gasteiger partial charge in [-0.05, 0) is 67.8 Å². The minimum absolute atomic E-state index is 0.0891. The molecule has 0 bridgehead atoms. The molecule has 4 heteroatoms. The smallest absolute Gasteiger partial charge is 0.347 e. The van der Waals surface area contributed by atoms with E-state index >= 15 is 0 Å². The maximum Gasteiger partial charge on any atom is 0.347 e. The molecular weight excluding hydrogens is 557 g/mol. The van der Waals surface area contributed by atoms with Crippen LogP contribution in [0.5, 0.6) is 0 Å². The van der Waals surface area contributed by atoms with Gasteiger partial charge < -0.3 is 13.9 Å². The Hall–Kier alpha value is -5.74. The summed E-state index contributed by atoms with van der Waals surface area (Å²) in [7, 11) is 0. The van der Waals surface area contributed by atoms with Gasteiger partial charge in [-0.2, -0.15) is 0 Å². The highest BCUT2D eigenvalue weighted by Crippen LogP contribution is 2.50. The zero-order valence-electron chi connectivity index (χ0n) is 25.9. The van der Waals surface area contributed by atoms with Gasteiger partial charge in [0.25, 0.3) is 0 Å². The first-order valence-corrected chi connectivity index (χ1v) is 16.0. The van der Waals surface area contributed by atoms with Gasteiger partial charge in [-0.1, -0.05) is 120 Å². The minimum atomic E-state index is -0.0891. The van der Waals surface area contributed by atoms with Crippen molar-refractivity contribution in [1.29, 1.82) is 0 Å². The summed E-state index contributed by atoms with van der Waals surface area (Å²) in [5, 5.41) is 2.50. The Labute approximate surface area is 269 Å². The van der Waals surface area contributed by atoms with Gasteiger partial charge >= 0.3 is 6.85 Å². The van der Waals surface area contributed by atoms with Crippen LogP contribution in [0.3, 0.4) is 0 Å². The van der Waals surface area contributed by atoms with Crippen LogP contribution in [0.4, 0.5) is 11.4 Å². The molecule has 0 saturated carbocycles. The molecule has 0 N–H and O–H groups in total. The van der Waals surface area contributed by atoms with Gasteiger partial charge in [0.05, 0.1) is 22.4 Å². The molecule has 9 rings (SSSR count). The summed E-state index contributed by atoms with van der Waals surface area (Å²) in [5.41, 5.74) is 14.8. The van der Waals surface area contributed by atoms with E-state index in [4.69, 9.17) is 0 Å². The van der Waals surface area contributed by atoms with Crippen molar-refractivity contribution in [2.45, 2.75) is 13.8 Å². The van der Waals surface area contributed by atoms with Crippen molar-refractivity contribution in [2.75, 3.05) is 4.81 Å². The standard InChI is InChI=1S/C42H32BN3/c1-29-17-16-18-30(2)39(29)43-42-38(34-25-12-14-27-36(34)45(42)32-21-8-4-9-22-32)41-40(46(43)33-23-10-5-11-24-33)35-26-13-15-28-37(35)44(41)31-19-6-3-7-20-31/h3-28H,1-2H3. The number of nitrogens with zero attached hydrogens (tertiary/aromatic N) is 3. The van der Waals surface area contributed by atoms with E-state index in [1.54, 1.807) is 0 Å². The zero-order chi connectivity index (χ0) is 30.8. The summed E-state index contributed by atoms with van der Waals surface area (Å²) >= 11 is 0. The molecule has 218 valence electrons. The maximum absolute atomic E-state index is 2.62. The van der Waals surface area contributed by atoms with Crippen LogP contribution >= 0.6 is 0 Å². The predicted octanol–water partition coefficient (Wildman–Crippen LogP) is 9.12. The number of hydrogen-bond acceptors (Lipinski definition) is 1. The van der Waals surface area contributed by atoms with E-state index in [1.807, 2.05) is 0 Å². The molecule has 6 aromatic carbocycles. The topological polar surface area (TPSA) is 13.1 Å². The lowest BCUT2D eigenvalue weighted by atomic mass is 9.46. The van der Waals surface area contributed by atoms with E-state index in [0.717, 1.165) is 11.4 Å². The Morgan fingerprint density at radius 1 is 0.435 bits per heavy atom. The van der Waals surface area contributed by atoms with E-state index < -0.39 is 0 Å². The fraction of sp³-hybridized carbons (Fsp3) is 0.0476. The zero-order valence-corrected chi connectivity index (χ0v) is 25.9. The summed E-state index contributed by atoms with van der Waals surface area (Å²) in [6.07, 6.45) is 0. The van der Waals surface area contributed by atoms with Crippen molar-refractivity contribution in [1.82, 2.24) is 9.13 Å². The lowest BCUT2D eigenvalue weighted by Crippen LogP contribution is -2.60. The van der Waals surface area contributed by atoms with Crippen molar-refractivity contribution in [3.63, 3.8) is 0 Å². The van der Waals surface area contributed by atoms with E-state index in [0.29, 0.717) is 0 Å². The maximum atomic E-state index is 2.62. The van der Waals surface area contributed by atoms with Crippen LogP contribution in [-0.2, 0) is 0 Å². The summed E-state index contributed by atoms with van der Waals surface area (Å²) in [6, 6.07) is 57.3. The van der Waals surface area contributed by atoms with Crippen molar-refractivity contribution in [3.05, 3.63) is 169 Å². The average Bonchev–Trinajstić information content (AvgIpc) is 3.63. The van der Waals surface area contributed by atoms with Crippen molar-refractivity contribution in [3.8, 4) is 22.6 Å². The van der Waals surface area contributed by atoms with Crippen LogP contribution in [0, 0.1) is 13.8 Å². The highest BCUT2D eigenvalue weighted by molar-refractivity contribution is 6.91. The molecule has 0 atom stereocenters. The molecule has 0 radical (unpaired) electrons. The monoisotopic (exact) mass is 589 g/mol. The third kappa shape index (κ3) is 3.80. The molecular formula is C42H32BN3. The summed E-state index contributed by atoms with van der Waals surface area (Å²) in [4.78, 5) is 2.62. The largest absolute Gasteiger partial charge is 0.374 e. The Bertz CT molecular complexity index is 2370. The average molecular weight is 590 g/mol. The molecule has 0 amide bonds. The Morgan fingerprint density at radius 3 is 1.52 bits per heavy atom. The molecule has 1 aliphatic rings. The molecule has 2 aromatic heterocycles. The highest BCUT2D eigenvalue weighted by atomic mass is 15.2. The van der Waals surface area contributed by atoms with Crippen LogP contribution in [0.15, 0.2) is 158 Å². The molecule has 3 heterocycles. The first kappa shape index (κ1) is 26.6. The predicted molar refractivity (Wildman–Crippen MR) is 195 cm³/mol. The van der Waals surface area contributed by atoms with Gasteiger partial charge in [-0.15, -0.1) is 0 Å². The van der Waals surface area contributed by atoms with Crippen LogP contribution in [0.2, 0.25) is 0 Å². The van der Waals surface area contributed by atoms with E-state index in [9.17, 15) is 0 Å². The number of aromatic nitrogens is 2. The molecule has 3 nitrogen and oxygen atoms in total. The van der Waals surface area contributed by atoms with Gasteiger partial charge in [-0.25, -0.2) is 0 Å². The number of para-hydroxylation sites is 5. The molecule has 0 aliphatic carbocycles. The fourth-order valence-electron chi connectivity index (χ4n) is 7.81. The van der Waals surface area contributed by atoms with Gasteiger partial charge in [0.2, 0.25) is 0 Å². The highest BCUT2D eigenvalue weighted by Gasteiger charge is 2.45. The van der Waals surface area contributed by atoms with Gasteiger partial charge in [0, 0.05) is 39.0 Å². The van der Waals surface area contributed by atoms with Crippen LogP contribution in [-0.4, -0.2) is 16.0 Å². The lowest BCUT2D eigenvalue weighted by molar-refractivity contribution is 1.12. The van der Waals surface area contributed by atoms with E-state index in [1.165, 1.54) is 66.6 Å². The first-order chi connectivity index (χ1) is 22.7. The molecule has 0 spiro atoms. The number of rotatable bonds is 4. The lowest BCUT2D eigenvalue weighted by Gasteiger charge is -2.39. The van der Waals surface area contributed by atoms with Gasteiger partial charge in [0.1, 0.15) is 0 Å². The SMILES string of the molecule is Cc1cccc(C)c1B1c2c(c3ccccc3n2-c2ccccc2)-c2c(c3ccccc3n2-c2ccccc2)N1c1ccccc1. The van der Waals surface area contributed by atoms with E-state index in [2.05, 4.69) is 186 Å². The molecule has 0 unspecified atom stereocenters. The number of anilines is 2. The molecule has 0 saturated heterocycles. The third-order valence-electron chi connectivity index (χ3n) is 9.63. The Morgan fingerprint density at radius 2 is 0.913 bits per heavy atom. The number of benzene rings is 6. The van der Waals surface area contributed by atoms with Crippen LogP contribution < -0.4 is 15.9 Å². The molecule has 46 heavy (non-hydrogen) atoms. The Kier molecular flexibility index (Phi) is 6.04. The third-order valence-corrected chi connectivity index (χ3v) is 9.63. The molecule has 0 fully saturated rings. The first-order valence-electron chi connectivity index (χ1n) is 16.0. The number of fused-ring (bicyclic) bond motifs is 7.